The molecule has 2 aliphatic rings. The van der Waals surface area contributed by atoms with Crippen LogP contribution in [0.3, 0.4) is 0 Å². The maximum absolute atomic E-state index is 13.5. The second kappa shape index (κ2) is 9.92. The molecule has 2 atom stereocenters. The van der Waals surface area contributed by atoms with E-state index in [1.165, 1.54) is 6.92 Å². The summed E-state index contributed by atoms with van der Waals surface area (Å²) in [5.41, 5.74) is -3.32. The van der Waals surface area contributed by atoms with Crippen LogP contribution in [0.15, 0.2) is 0 Å². The zero-order valence-electron chi connectivity index (χ0n) is 23.6. The Kier molecular flexibility index (Phi) is 8.34. The summed E-state index contributed by atoms with van der Waals surface area (Å²) < 4.78 is 17.9. The monoisotopic (exact) mass is 495 g/mol. The fourth-order valence-electron chi connectivity index (χ4n) is 4.55. The van der Waals surface area contributed by atoms with E-state index in [9.17, 15) is 14.4 Å². The Hall–Kier alpha value is -1.81. The number of ether oxygens (including phenoxy) is 1. The molecule has 0 aromatic rings. The van der Waals surface area contributed by atoms with Gasteiger partial charge >= 0.3 is 13.2 Å². The lowest BCUT2D eigenvalue weighted by atomic mass is 9.74. The smallest absolute Gasteiger partial charge is 0.444 e. The van der Waals surface area contributed by atoms with Crippen molar-refractivity contribution in [2.45, 2.75) is 123 Å². The van der Waals surface area contributed by atoms with Crippen molar-refractivity contribution in [1.29, 1.82) is 0 Å². The molecule has 35 heavy (non-hydrogen) atoms. The van der Waals surface area contributed by atoms with Gasteiger partial charge in [-0.25, -0.2) is 4.79 Å². The molecular weight excluding hydrogens is 449 g/mol. The Labute approximate surface area is 211 Å². The Morgan fingerprint density at radius 3 is 2.03 bits per heavy atom. The van der Waals surface area contributed by atoms with Crippen LogP contribution in [0.1, 0.15) is 89.0 Å². The van der Waals surface area contributed by atoms with Crippen molar-refractivity contribution in [3.63, 3.8) is 0 Å². The van der Waals surface area contributed by atoms with Crippen molar-refractivity contribution >= 4 is 25.0 Å². The van der Waals surface area contributed by atoms with Crippen LogP contribution in [0.2, 0.25) is 6.32 Å². The average Bonchev–Trinajstić information content (AvgIpc) is 2.83. The fraction of sp³-hybridized carbons (Fsp3) is 0.880. The van der Waals surface area contributed by atoms with Crippen LogP contribution in [0.25, 0.3) is 0 Å². The number of carbonyl (C=O) groups excluding carboxylic acids is 3. The predicted octanol–water partition coefficient (Wildman–Crippen LogP) is 3.52. The second-order valence-electron chi connectivity index (χ2n) is 13.2. The van der Waals surface area contributed by atoms with E-state index in [4.69, 9.17) is 14.0 Å². The first-order valence-corrected chi connectivity index (χ1v) is 12.6. The molecule has 0 bridgehead atoms. The Morgan fingerprint density at radius 2 is 1.57 bits per heavy atom. The van der Waals surface area contributed by atoms with E-state index in [1.807, 2.05) is 48.5 Å². The summed E-state index contributed by atoms with van der Waals surface area (Å²) >= 11 is 0. The molecule has 10 heteroatoms. The lowest BCUT2D eigenvalue weighted by Crippen LogP contribution is -2.69. The van der Waals surface area contributed by atoms with Crippen molar-refractivity contribution < 1.29 is 28.4 Å². The lowest BCUT2D eigenvalue weighted by molar-refractivity contribution is -0.137. The molecule has 0 unspecified atom stereocenters. The van der Waals surface area contributed by atoms with Gasteiger partial charge in [0.05, 0.1) is 17.7 Å². The molecule has 0 spiro atoms. The molecule has 0 aromatic carbocycles. The number of amides is 3. The van der Waals surface area contributed by atoms with Gasteiger partial charge in [-0.3, -0.25) is 9.59 Å². The summed E-state index contributed by atoms with van der Waals surface area (Å²) in [5.74, 6) is -0.716. The Balaban J connectivity index is 2.30. The lowest BCUT2D eigenvalue weighted by Gasteiger charge is -2.46. The summed E-state index contributed by atoms with van der Waals surface area (Å²) in [6.07, 6.45) is 1.15. The van der Waals surface area contributed by atoms with Gasteiger partial charge in [0, 0.05) is 19.0 Å². The highest BCUT2D eigenvalue weighted by Crippen LogP contribution is 2.39. The molecule has 2 fully saturated rings. The van der Waals surface area contributed by atoms with E-state index >= 15 is 0 Å². The number of hydrogen-bond donors (Lipinski definition) is 2. The standard InChI is InChI=1S/C25H46BN3O6/c1-17(30)27-25(19(31)28-21(2,3)4)14-18(15-29(16-25)20(32)33-22(5,6)7)12-13-26-34-23(8,9)24(10,11)35-26/h18H,12-16H2,1-11H3,(H,27,30)(H,28,31)/t18-,25-/m1/s1. The predicted molar refractivity (Wildman–Crippen MR) is 136 cm³/mol. The number of hydrogen-bond acceptors (Lipinski definition) is 6. The molecule has 2 N–H and O–H groups in total. The molecule has 0 aromatic heterocycles. The summed E-state index contributed by atoms with van der Waals surface area (Å²) in [7, 11) is -0.379. The van der Waals surface area contributed by atoms with Crippen LogP contribution in [0.5, 0.6) is 0 Å². The van der Waals surface area contributed by atoms with Crippen molar-refractivity contribution in [3.05, 3.63) is 0 Å². The van der Waals surface area contributed by atoms with Gasteiger partial charge in [-0.1, -0.05) is 6.42 Å². The highest BCUT2D eigenvalue weighted by atomic mass is 16.7. The van der Waals surface area contributed by atoms with Gasteiger partial charge in [0.1, 0.15) is 11.1 Å². The number of nitrogens with zero attached hydrogens (tertiary/aromatic N) is 1. The van der Waals surface area contributed by atoms with Crippen LogP contribution in [0, 0.1) is 5.92 Å². The molecular formula is C25H46BN3O6. The molecule has 2 saturated heterocycles. The van der Waals surface area contributed by atoms with Crippen LogP contribution >= 0.6 is 0 Å². The van der Waals surface area contributed by atoms with Crippen molar-refractivity contribution in [2.75, 3.05) is 13.1 Å². The third kappa shape index (κ3) is 7.84. The molecule has 200 valence electrons. The van der Waals surface area contributed by atoms with Gasteiger partial charge in [-0.15, -0.1) is 0 Å². The molecule has 3 amide bonds. The van der Waals surface area contributed by atoms with Crippen LogP contribution in [-0.4, -0.2) is 70.9 Å². The summed E-state index contributed by atoms with van der Waals surface area (Å²) in [5, 5.41) is 5.89. The van der Waals surface area contributed by atoms with Crippen LogP contribution in [0.4, 0.5) is 4.79 Å². The van der Waals surface area contributed by atoms with E-state index in [-0.39, 0.29) is 31.4 Å². The third-order valence-corrected chi connectivity index (χ3v) is 6.68. The molecule has 9 nitrogen and oxygen atoms in total. The summed E-state index contributed by atoms with van der Waals surface area (Å²) in [6, 6.07) is 0. The number of rotatable bonds is 5. The first-order chi connectivity index (χ1) is 15.6. The number of likely N-dealkylation sites (tertiary alicyclic amines) is 1. The van der Waals surface area contributed by atoms with Crippen LogP contribution < -0.4 is 10.6 Å². The molecule has 0 radical (unpaired) electrons. The first kappa shape index (κ1) is 29.4. The Bertz CT molecular complexity index is 801. The van der Waals surface area contributed by atoms with Gasteiger partial charge in [-0.05, 0) is 87.9 Å². The minimum atomic E-state index is -1.27. The van der Waals surface area contributed by atoms with E-state index in [1.54, 1.807) is 25.7 Å². The second-order valence-corrected chi connectivity index (χ2v) is 13.2. The fourth-order valence-corrected chi connectivity index (χ4v) is 4.55. The highest BCUT2D eigenvalue weighted by molar-refractivity contribution is 6.45. The maximum atomic E-state index is 13.5. The number of carbonyl (C=O) groups is 3. The molecule has 2 aliphatic heterocycles. The van der Waals surface area contributed by atoms with Gasteiger partial charge in [0.2, 0.25) is 11.8 Å². The average molecular weight is 495 g/mol. The van der Waals surface area contributed by atoms with Crippen molar-refractivity contribution in [3.8, 4) is 0 Å². The Morgan fingerprint density at radius 1 is 1.03 bits per heavy atom. The van der Waals surface area contributed by atoms with E-state index < -0.39 is 34.0 Å². The van der Waals surface area contributed by atoms with Crippen molar-refractivity contribution in [2.24, 2.45) is 5.92 Å². The molecule has 2 heterocycles. The maximum Gasteiger partial charge on any atom is 0.457 e. The summed E-state index contributed by atoms with van der Waals surface area (Å²) in [6.45, 7) is 20.9. The van der Waals surface area contributed by atoms with E-state index in [0.29, 0.717) is 25.7 Å². The first-order valence-electron chi connectivity index (χ1n) is 12.6. The van der Waals surface area contributed by atoms with Crippen molar-refractivity contribution in [1.82, 2.24) is 15.5 Å². The topological polar surface area (TPSA) is 106 Å². The minimum absolute atomic E-state index is 0.0381. The molecule has 0 aliphatic carbocycles. The summed E-state index contributed by atoms with van der Waals surface area (Å²) in [4.78, 5) is 40.4. The zero-order chi connectivity index (χ0) is 27.0. The highest BCUT2D eigenvalue weighted by Gasteiger charge is 2.52. The van der Waals surface area contributed by atoms with E-state index in [2.05, 4.69) is 10.6 Å². The molecule has 0 saturated carbocycles. The SMILES string of the molecule is CC(=O)N[C@]1(C(=O)NC(C)(C)C)C[C@@H](CCB2OC(C)(C)C(C)(C)O2)CN(C(=O)OC(C)(C)C)C1. The van der Waals surface area contributed by atoms with Gasteiger partial charge in [-0.2, -0.15) is 0 Å². The number of piperidine rings is 1. The quantitative estimate of drug-likeness (QED) is 0.566. The van der Waals surface area contributed by atoms with Gasteiger partial charge in [0.25, 0.3) is 0 Å². The number of nitrogens with one attached hydrogen (secondary N) is 2. The van der Waals surface area contributed by atoms with Gasteiger partial charge < -0.3 is 29.6 Å². The van der Waals surface area contributed by atoms with Crippen LogP contribution in [-0.2, 0) is 23.6 Å². The van der Waals surface area contributed by atoms with Gasteiger partial charge in [0.15, 0.2) is 0 Å². The normalized spacial score (nSPS) is 26.3. The largest absolute Gasteiger partial charge is 0.457 e. The molecule has 2 rings (SSSR count). The minimum Gasteiger partial charge on any atom is -0.444 e. The zero-order valence-corrected chi connectivity index (χ0v) is 23.6. The van der Waals surface area contributed by atoms with E-state index in [0.717, 1.165) is 0 Å². The third-order valence-electron chi connectivity index (χ3n) is 6.68.